The van der Waals surface area contributed by atoms with Crippen LogP contribution in [0.3, 0.4) is 0 Å². The van der Waals surface area contributed by atoms with Crippen LogP contribution in [-0.2, 0) is 19.0 Å². The molecular formula is C19H33NO4. The Balaban J connectivity index is 1.83. The lowest BCUT2D eigenvalue weighted by Crippen LogP contribution is -2.49. The first kappa shape index (κ1) is 19.4. The minimum atomic E-state index is -0.900. The predicted octanol–water partition coefficient (Wildman–Crippen LogP) is 3.04. The fourth-order valence-electron chi connectivity index (χ4n) is 3.36. The topological polar surface area (TPSA) is 56.8 Å². The van der Waals surface area contributed by atoms with E-state index in [9.17, 15) is 4.79 Å². The van der Waals surface area contributed by atoms with E-state index in [0.29, 0.717) is 13.0 Å². The predicted molar refractivity (Wildman–Crippen MR) is 93.6 cm³/mol. The molecule has 2 aliphatic rings. The summed E-state index contributed by atoms with van der Waals surface area (Å²) in [6.45, 7) is 13.9. The van der Waals surface area contributed by atoms with Crippen LogP contribution < -0.4 is 5.32 Å². The molecule has 0 aromatic heterocycles. The molecule has 0 bridgehead atoms. The third kappa shape index (κ3) is 4.80. The minimum absolute atomic E-state index is 0.0112. The molecular weight excluding hydrogens is 306 g/mol. The van der Waals surface area contributed by atoms with Crippen molar-refractivity contribution in [2.45, 2.75) is 71.4 Å². The lowest BCUT2D eigenvalue weighted by Gasteiger charge is -2.43. The van der Waals surface area contributed by atoms with Crippen LogP contribution in [0.1, 0.15) is 53.4 Å². The van der Waals surface area contributed by atoms with Gasteiger partial charge in [0, 0.05) is 26.0 Å². The molecule has 0 aromatic rings. The van der Waals surface area contributed by atoms with Crippen LogP contribution in [0, 0.1) is 11.3 Å². The van der Waals surface area contributed by atoms with E-state index in [1.54, 1.807) is 7.11 Å². The molecule has 0 radical (unpaired) electrons. The van der Waals surface area contributed by atoms with Gasteiger partial charge in [0.1, 0.15) is 0 Å². The Hall–Kier alpha value is -0.910. The zero-order valence-electron chi connectivity index (χ0n) is 15.8. The number of carbonyl (C=O) groups excluding carboxylic acids is 1. The first-order valence-corrected chi connectivity index (χ1v) is 8.95. The number of rotatable bonds is 5. The van der Waals surface area contributed by atoms with Gasteiger partial charge in [0.15, 0.2) is 5.79 Å². The number of methoxy groups -OCH3 is 1. The van der Waals surface area contributed by atoms with Crippen molar-refractivity contribution in [2.75, 3.05) is 20.3 Å². The van der Waals surface area contributed by atoms with Gasteiger partial charge in [-0.05, 0) is 25.2 Å². The molecule has 5 heteroatoms. The molecule has 5 nitrogen and oxygen atoms in total. The number of amides is 1. The highest BCUT2D eigenvalue weighted by Gasteiger charge is 2.42. The molecule has 2 heterocycles. The number of carbonyl (C=O) groups is 1. The lowest BCUT2D eigenvalue weighted by atomic mass is 9.85. The first-order valence-electron chi connectivity index (χ1n) is 8.95. The summed E-state index contributed by atoms with van der Waals surface area (Å²) in [6, 6.07) is 0. The maximum absolute atomic E-state index is 12.4. The number of ether oxygens (including phenoxy) is 3. The molecule has 24 heavy (non-hydrogen) atoms. The maximum Gasteiger partial charge on any atom is 0.225 e. The molecule has 0 saturated carbocycles. The quantitative estimate of drug-likeness (QED) is 0.782. The summed E-state index contributed by atoms with van der Waals surface area (Å²) in [6.07, 6.45) is 2.91. The fraction of sp³-hybridized carbons (Fsp3) is 0.842. The molecule has 138 valence electrons. The van der Waals surface area contributed by atoms with Crippen molar-refractivity contribution < 1.29 is 19.0 Å². The summed E-state index contributed by atoms with van der Waals surface area (Å²) in [5, 5.41) is 2.97. The second-order valence-electron chi connectivity index (χ2n) is 8.18. The second kappa shape index (κ2) is 7.54. The standard InChI is InChI=1S/C19H33NO4/c1-13-9-19(22-6,24-15(3)14(13)2)10-17(21)20-11-16-7-8-18(4,5)12-23-16/h14-16H,1,7-12H2,2-6H3,(H,20,21)/t14?,15?,16?,19-/m1/s1. The van der Waals surface area contributed by atoms with Crippen LogP contribution in [0.15, 0.2) is 12.2 Å². The van der Waals surface area contributed by atoms with Gasteiger partial charge >= 0.3 is 0 Å². The fourth-order valence-corrected chi connectivity index (χ4v) is 3.36. The Morgan fingerprint density at radius 2 is 2.12 bits per heavy atom. The summed E-state index contributed by atoms with van der Waals surface area (Å²) >= 11 is 0. The average molecular weight is 339 g/mol. The lowest BCUT2D eigenvalue weighted by molar-refractivity contribution is -0.263. The van der Waals surface area contributed by atoms with Gasteiger partial charge in [0.2, 0.25) is 5.91 Å². The maximum atomic E-state index is 12.4. The van der Waals surface area contributed by atoms with Crippen LogP contribution >= 0.6 is 0 Å². The van der Waals surface area contributed by atoms with E-state index in [0.717, 1.165) is 25.0 Å². The van der Waals surface area contributed by atoms with E-state index in [1.807, 2.05) is 6.92 Å². The van der Waals surface area contributed by atoms with E-state index in [4.69, 9.17) is 14.2 Å². The normalized spacial score (nSPS) is 36.4. The molecule has 4 atom stereocenters. The van der Waals surface area contributed by atoms with Crippen molar-refractivity contribution in [3.05, 3.63) is 12.2 Å². The number of nitrogens with one attached hydrogen (secondary N) is 1. The Bertz CT molecular complexity index is 466. The van der Waals surface area contributed by atoms with Crippen LogP contribution in [0.25, 0.3) is 0 Å². The zero-order chi connectivity index (χ0) is 18.0. The Kier molecular flexibility index (Phi) is 6.10. The van der Waals surface area contributed by atoms with Gasteiger partial charge in [0.05, 0.1) is 25.2 Å². The number of hydrogen-bond acceptors (Lipinski definition) is 4. The van der Waals surface area contributed by atoms with Crippen molar-refractivity contribution in [3.63, 3.8) is 0 Å². The van der Waals surface area contributed by atoms with Crippen molar-refractivity contribution in [1.29, 1.82) is 0 Å². The van der Waals surface area contributed by atoms with Gasteiger partial charge in [-0.15, -0.1) is 0 Å². The second-order valence-corrected chi connectivity index (χ2v) is 8.18. The van der Waals surface area contributed by atoms with E-state index in [1.165, 1.54) is 0 Å². The summed E-state index contributed by atoms with van der Waals surface area (Å²) in [5.74, 6) is -0.696. The van der Waals surface area contributed by atoms with Crippen LogP contribution in [-0.4, -0.2) is 44.2 Å². The molecule has 2 aliphatic heterocycles. The van der Waals surface area contributed by atoms with E-state index in [-0.39, 0.29) is 35.9 Å². The summed E-state index contributed by atoms with van der Waals surface area (Å²) in [5.41, 5.74) is 1.31. The van der Waals surface area contributed by atoms with Crippen LogP contribution in [0.4, 0.5) is 0 Å². The van der Waals surface area contributed by atoms with Gasteiger partial charge in [-0.25, -0.2) is 0 Å². The van der Waals surface area contributed by atoms with Crippen molar-refractivity contribution in [2.24, 2.45) is 11.3 Å². The molecule has 3 unspecified atom stereocenters. The molecule has 0 aromatic carbocycles. The molecule has 1 N–H and O–H groups in total. The Morgan fingerprint density at radius 1 is 1.42 bits per heavy atom. The van der Waals surface area contributed by atoms with Crippen molar-refractivity contribution in [1.82, 2.24) is 5.32 Å². The van der Waals surface area contributed by atoms with E-state index < -0.39 is 5.79 Å². The minimum Gasteiger partial charge on any atom is -0.376 e. The molecule has 2 saturated heterocycles. The Morgan fingerprint density at radius 3 is 2.67 bits per heavy atom. The van der Waals surface area contributed by atoms with E-state index in [2.05, 4.69) is 32.7 Å². The van der Waals surface area contributed by atoms with Crippen LogP contribution in [0.2, 0.25) is 0 Å². The third-order valence-corrected chi connectivity index (χ3v) is 5.43. The summed E-state index contributed by atoms with van der Waals surface area (Å²) in [7, 11) is 1.59. The average Bonchev–Trinajstić information content (AvgIpc) is 2.51. The molecule has 0 aliphatic carbocycles. The van der Waals surface area contributed by atoms with E-state index >= 15 is 0 Å². The summed E-state index contributed by atoms with van der Waals surface area (Å²) in [4.78, 5) is 12.4. The van der Waals surface area contributed by atoms with Gasteiger partial charge in [-0.3, -0.25) is 4.79 Å². The van der Waals surface area contributed by atoms with Crippen molar-refractivity contribution in [3.8, 4) is 0 Å². The molecule has 2 rings (SSSR count). The SMILES string of the molecule is C=C1C[C@@](CC(=O)NCC2CCC(C)(C)CO2)(OC)OC(C)C1C. The smallest absolute Gasteiger partial charge is 0.225 e. The van der Waals surface area contributed by atoms with Crippen molar-refractivity contribution >= 4 is 5.91 Å². The first-order chi connectivity index (χ1) is 11.2. The van der Waals surface area contributed by atoms with Gasteiger partial charge in [0.25, 0.3) is 0 Å². The molecule has 0 spiro atoms. The highest BCUT2D eigenvalue weighted by Crippen LogP contribution is 2.38. The molecule has 1 amide bonds. The molecule has 2 fully saturated rings. The van der Waals surface area contributed by atoms with Gasteiger partial charge in [-0.2, -0.15) is 0 Å². The van der Waals surface area contributed by atoms with Gasteiger partial charge < -0.3 is 19.5 Å². The highest BCUT2D eigenvalue weighted by atomic mass is 16.7. The number of hydrogen-bond donors (Lipinski definition) is 1. The highest BCUT2D eigenvalue weighted by molar-refractivity contribution is 5.77. The third-order valence-electron chi connectivity index (χ3n) is 5.43. The zero-order valence-corrected chi connectivity index (χ0v) is 15.8. The van der Waals surface area contributed by atoms with Gasteiger partial charge in [-0.1, -0.05) is 32.9 Å². The summed E-state index contributed by atoms with van der Waals surface area (Å²) < 4.78 is 17.4. The Labute approximate surface area is 146 Å². The monoisotopic (exact) mass is 339 g/mol. The largest absolute Gasteiger partial charge is 0.376 e. The van der Waals surface area contributed by atoms with Crippen LogP contribution in [0.5, 0.6) is 0 Å².